The van der Waals surface area contributed by atoms with Crippen molar-refractivity contribution < 1.29 is 18.3 Å². The van der Waals surface area contributed by atoms with Gasteiger partial charge >= 0.3 is 6.29 Å². The van der Waals surface area contributed by atoms with Crippen molar-refractivity contribution in [2.24, 2.45) is 5.73 Å². The molecule has 0 saturated heterocycles. The third-order valence-electron chi connectivity index (χ3n) is 2.54. The molecule has 0 aliphatic carbocycles. The number of fused-ring (bicyclic) bond motifs is 1. The highest BCUT2D eigenvalue weighted by Gasteiger charge is 2.43. The molecule has 1 aliphatic rings. The molecule has 2 N–H and O–H groups in total. The van der Waals surface area contributed by atoms with Crippen LogP contribution in [0.2, 0.25) is 0 Å². The number of hydrogen-bond donors (Lipinski definition) is 1. The van der Waals surface area contributed by atoms with Crippen LogP contribution < -0.4 is 15.2 Å². The molecule has 0 unspecified atom stereocenters. The molecule has 92 valence electrons. The van der Waals surface area contributed by atoms with Crippen molar-refractivity contribution in [3.63, 3.8) is 0 Å². The van der Waals surface area contributed by atoms with Crippen molar-refractivity contribution in [1.82, 2.24) is 0 Å². The van der Waals surface area contributed by atoms with Gasteiger partial charge in [0.15, 0.2) is 11.5 Å². The first kappa shape index (κ1) is 11.9. The summed E-state index contributed by atoms with van der Waals surface area (Å²) in [6.07, 6.45) is -0.335. The zero-order valence-electron chi connectivity index (χ0n) is 9.16. The van der Waals surface area contributed by atoms with Gasteiger partial charge in [-0.1, -0.05) is 12.1 Å². The van der Waals surface area contributed by atoms with Crippen LogP contribution in [0.4, 0.5) is 8.78 Å². The van der Waals surface area contributed by atoms with E-state index >= 15 is 0 Å². The Kier molecular flexibility index (Phi) is 3.02. The summed E-state index contributed by atoms with van der Waals surface area (Å²) >= 11 is 0. The Hall–Kier alpha value is -1.62. The molecule has 17 heavy (non-hydrogen) atoms. The zero-order valence-corrected chi connectivity index (χ0v) is 9.16. The summed E-state index contributed by atoms with van der Waals surface area (Å²) in [5, 5.41) is 0. The largest absolute Gasteiger partial charge is 0.586 e. The van der Waals surface area contributed by atoms with Gasteiger partial charge in [0.2, 0.25) is 0 Å². The molecule has 1 heterocycles. The highest BCUT2D eigenvalue weighted by molar-refractivity contribution is 5.45. The SMILES string of the molecule is C=CCC[C@@H](N)c1ccc2c(c1)OC(F)(F)O2. The quantitative estimate of drug-likeness (QED) is 0.824. The second kappa shape index (κ2) is 4.33. The van der Waals surface area contributed by atoms with E-state index in [0.717, 1.165) is 12.0 Å². The first-order chi connectivity index (χ1) is 8.02. The molecule has 1 aromatic rings. The lowest BCUT2D eigenvalue weighted by atomic mass is 10.0. The predicted molar refractivity (Wildman–Crippen MR) is 59.0 cm³/mol. The highest BCUT2D eigenvalue weighted by Crippen LogP contribution is 2.42. The number of rotatable bonds is 4. The molecule has 0 spiro atoms. The van der Waals surface area contributed by atoms with Gasteiger partial charge in [0.1, 0.15) is 0 Å². The van der Waals surface area contributed by atoms with E-state index in [9.17, 15) is 8.78 Å². The van der Waals surface area contributed by atoms with Gasteiger partial charge < -0.3 is 15.2 Å². The number of allylic oxidation sites excluding steroid dienone is 1. The molecule has 1 atom stereocenters. The van der Waals surface area contributed by atoms with Crippen molar-refractivity contribution in [2.75, 3.05) is 0 Å². The Balaban J connectivity index is 2.15. The lowest BCUT2D eigenvalue weighted by Gasteiger charge is -2.10. The average Bonchev–Trinajstić information content (AvgIpc) is 2.58. The minimum absolute atomic E-state index is 0.0292. The fourth-order valence-corrected chi connectivity index (χ4v) is 1.66. The summed E-state index contributed by atoms with van der Waals surface area (Å²) in [5.41, 5.74) is 6.65. The van der Waals surface area contributed by atoms with Crippen LogP contribution in [-0.2, 0) is 0 Å². The molecular weight excluding hydrogens is 228 g/mol. The number of benzene rings is 1. The summed E-state index contributed by atoms with van der Waals surface area (Å²) < 4.78 is 34.2. The number of halogens is 2. The van der Waals surface area contributed by atoms with Crippen LogP contribution >= 0.6 is 0 Å². The summed E-state index contributed by atoms with van der Waals surface area (Å²) in [7, 11) is 0. The maximum Gasteiger partial charge on any atom is 0.586 e. The van der Waals surface area contributed by atoms with Crippen LogP contribution in [0.25, 0.3) is 0 Å². The topological polar surface area (TPSA) is 44.5 Å². The first-order valence-electron chi connectivity index (χ1n) is 5.28. The fourth-order valence-electron chi connectivity index (χ4n) is 1.66. The number of hydrogen-bond acceptors (Lipinski definition) is 3. The Bertz CT molecular complexity index is 435. The van der Waals surface area contributed by atoms with Crippen molar-refractivity contribution in [1.29, 1.82) is 0 Å². The Morgan fingerprint density at radius 2 is 2.06 bits per heavy atom. The summed E-state index contributed by atoms with van der Waals surface area (Å²) in [6.45, 7) is 3.60. The number of alkyl halides is 2. The lowest BCUT2D eigenvalue weighted by molar-refractivity contribution is -0.286. The molecule has 2 rings (SSSR count). The van der Waals surface area contributed by atoms with E-state index in [1.54, 1.807) is 12.1 Å². The molecule has 0 saturated carbocycles. The monoisotopic (exact) mass is 241 g/mol. The van der Waals surface area contributed by atoms with E-state index in [0.29, 0.717) is 6.42 Å². The molecule has 0 fully saturated rings. The predicted octanol–water partition coefficient (Wildman–Crippen LogP) is 2.97. The van der Waals surface area contributed by atoms with E-state index in [2.05, 4.69) is 16.1 Å². The van der Waals surface area contributed by atoms with Crippen molar-refractivity contribution in [3.05, 3.63) is 36.4 Å². The van der Waals surface area contributed by atoms with E-state index in [1.807, 2.05) is 0 Å². The molecule has 1 aliphatic heterocycles. The van der Waals surface area contributed by atoms with E-state index in [-0.39, 0.29) is 17.5 Å². The Morgan fingerprint density at radius 1 is 1.35 bits per heavy atom. The number of ether oxygens (including phenoxy) is 2. The van der Waals surface area contributed by atoms with Crippen LogP contribution in [0.15, 0.2) is 30.9 Å². The van der Waals surface area contributed by atoms with Crippen LogP contribution in [0, 0.1) is 0 Å². The number of nitrogens with two attached hydrogens (primary N) is 1. The molecule has 0 amide bonds. The van der Waals surface area contributed by atoms with Crippen molar-refractivity contribution in [2.45, 2.75) is 25.2 Å². The van der Waals surface area contributed by atoms with Crippen molar-refractivity contribution in [3.8, 4) is 11.5 Å². The van der Waals surface area contributed by atoms with E-state index in [4.69, 9.17) is 5.73 Å². The average molecular weight is 241 g/mol. The standard InChI is InChI=1S/C12H13F2NO2/c1-2-3-4-9(15)8-5-6-10-11(7-8)17-12(13,14)16-10/h2,5-7,9H,1,3-4,15H2/t9-/m1/s1. The van der Waals surface area contributed by atoms with E-state index in [1.165, 1.54) is 12.1 Å². The zero-order chi connectivity index (χ0) is 12.5. The molecule has 0 radical (unpaired) electrons. The third-order valence-corrected chi connectivity index (χ3v) is 2.54. The normalized spacial score (nSPS) is 17.8. The van der Waals surface area contributed by atoms with Crippen LogP contribution in [0.3, 0.4) is 0 Å². The lowest BCUT2D eigenvalue weighted by Crippen LogP contribution is -2.25. The second-order valence-electron chi connectivity index (χ2n) is 3.85. The van der Waals surface area contributed by atoms with E-state index < -0.39 is 6.29 Å². The van der Waals surface area contributed by atoms with Crippen molar-refractivity contribution >= 4 is 0 Å². The van der Waals surface area contributed by atoms with Crippen LogP contribution in [0.1, 0.15) is 24.4 Å². The minimum atomic E-state index is -3.58. The second-order valence-corrected chi connectivity index (χ2v) is 3.85. The van der Waals surface area contributed by atoms with Gasteiger partial charge in [-0.15, -0.1) is 15.4 Å². The maximum atomic E-state index is 12.8. The summed E-state index contributed by atoms with van der Waals surface area (Å²) in [4.78, 5) is 0. The summed E-state index contributed by atoms with van der Waals surface area (Å²) in [6, 6.07) is 4.37. The molecule has 3 nitrogen and oxygen atoms in total. The highest BCUT2D eigenvalue weighted by atomic mass is 19.3. The molecule has 5 heteroatoms. The maximum absolute atomic E-state index is 12.8. The molecule has 0 aromatic heterocycles. The van der Waals surface area contributed by atoms with Gasteiger partial charge in [0, 0.05) is 6.04 Å². The van der Waals surface area contributed by atoms with Gasteiger partial charge in [-0.25, -0.2) is 0 Å². The smallest absolute Gasteiger partial charge is 0.395 e. The molecule has 0 bridgehead atoms. The van der Waals surface area contributed by atoms with Crippen LogP contribution in [-0.4, -0.2) is 6.29 Å². The van der Waals surface area contributed by atoms with Gasteiger partial charge in [-0.3, -0.25) is 0 Å². The van der Waals surface area contributed by atoms with Crippen LogP contribution in [0.5, 0.6) is 11.5 Å². The first-order valence-corrected chi connectivity index (χ1v) is 5.28. The van der Waals surface area contributed by atoms with Gasteiger partial charge in [-0.05, 0) is 30.5 Å². The van der Waals surface area contributed by atoms with Gasteiger partial charge in [-0.2, -0.15) is 0 Å². The Labute approximate surface area is 97.8 Å². The third kappa shape index (κ3) is 2.55. The van der Waals surface area contributed by atoms with Gasteiger partial charge in [0.25, 0.3) is 0 Å². The molecule has 1 aromatic carbocycles. The molecular formula is C12H13F2NO2. The minimum Gasteiger partial charge on any atom is -0.395 e. The van der Waals surface area contributed by atoms with Gasteiger partial charge in [0.05, 0.1) is 0 Å². The Morgan fingerprint density at radius 3 is 2.76 bits per heavy atom. The summed E-state index contributed by atoms with van der Waals surface area (Å²) in [5.74, 6) is 0.0659. The fraction of sp³-hybridized carbons (Fsp3) is 0.333.